The zero-order valence-electron chi connectivity index (χ0n) is 17.0. The molecule has 30 heavy (non-hydrogen) atoms. The summed E-state index contributed by atoms with van der Waals surface area (Å²) in [6, 6.07) is 21.3. The highest BCUT2D eigenvalue weighted by molar-refractivity contribution is 6.04. The minimum atomic E-state index is -0.231. The van der Waals surface area contributed by atoms with Gasteiger partial charge in [0.05, 0.1) is 20.1 Å². The van der Waals surface area contributed by atoms with Crippen molar-refractivity contribution in [3.8, 4) is 11.5 Å². The molecule has 0 aliphatic carbocycles. The fourth-order valence-corrected chi connectivity index (χ4v) is 2.94. The lowest BCUT2D eigenvalue weighted by molar-refractivity contribution is -0.115. The first kappa shape index (κ1) is 20.9. The number of benzene rings is 3. The van der Waals surface area contributed by atoms with E-state index in [1.807, 2.05) is 31.2 Å². The van der Waals surface area contributed by atoms with Crippen molar-refractivity contribution < 1.29 is 19.1 Å². The van der Waals surface area contributed by atoms with Gasteiger partial charge in [-0.05, 0) is 61.5 Å². The number of para-hydroxylation sites is 1. The predicted octanol–water partition coefficient (Wildman–Crippen LogP) is 4.53. The van der Waals surface area contributed by atoms with Crippen LogP contribution < -0.4 is 20.1 Å². The Morgan fingerprint density at radius 2 is 1.47 bits per heavy atom. The first-order chi connectivity index (χ1) is 14.6. The minimum Gasteiger partial charge on any atom is -0.496 e. The van der Waals surface area contributed by atoms with Crippen molar-refractivity contribution in [2.45, 2.75) is 13.3 Å². The molecule has 0 saturated carbocycles. The van der Waals surface area contributed by atoms with Crippen LogP contribution in [0.15, 0.2) is 72.8 Å². The summed E-state index contributed by atoms with van der Waals surface area (Å²) in [5.41, 5.74) is 2.60. The molecule has 0 unspecified atom stereocenters. The summed E-state index contributed by atoms with van der Waals surface area (Å²) in [6.07, 6.45) is 0.198. The molecule has 0 heterocycles. The number of anilines is 2. The fraction of sp³-hybridized carbons (Fsp3) is 0.167. The predicted molar refractivity (Wildman–Crippen MR) is 117 cm³/mol. The van der Waals surface area contributed by atoms with E-state index < -0.39 is 0 Å². The number of hydrogen-bond donors (Lipinski definition) is 2. The molecule has 3 rings (SSSR count). The zero-order valence-corrected chi connectivity index (χ0v) is 17.0. The smallest absolute Gasteiger partial charge is 0.255 e. The third-order valence-electron chi connectivity index (χ3n) is 4.40. The topological polar surface area (TPSA) is 76.7 Å². The Kier molecular flexibility index (Phi) is 7.05. The minimum absolute atomic E-state index is 0.161. The summed E-state index contributed by atoms with van der Waals surface area (Å²) in [5.74, 6) is 1.04. The standard InChI is InChI=1S/C24H24N2O4/c1-3-30-21-14-12-20(13-15-21)26-24(28)17-8-10-19(11-9-17)25-23(27)16-18-6-4-5-7-22(18)29-2/h4-15H,3,16H2,1-2H3,(H,25,27)(H,26,28). The zero-order chi connectivity index (χ0) is 21.3. The number of rotatable bonds is 8. The summed E-state index contributed by atoms with van der Waals surface area (Å²) in [5, 5.41) is 5.67. The van der Waals surface area contributed by atoms with Gasteiger partial charge in [-0.1, -0.05) is 18.2 Å². The van der Waals surface area contributed by atoms with Crippen LogP contribution in [0.1, 0.15) is 22.8 Å². The number of carbonyl (C=O) groups excluding carboxylic acids is 2. The molecule has 0 atom stereocenters. The molecule has 6 heteroatoms. The van der Waals surface area contributed by atoms with Gasteiger partial charge in [-0.2, -0.15) is 0 Å². The normalized spacial score (nSPS) is 10.2. The van der Waals surface area contributed by atoms with Gasteiger partial charge in [-0.25, -0.2) is 0 Å². The third-order valence-corrected chi connectivity index (χ3v) is 4.40. The second kappa shape index (κ2) is 10.1. The molecular weight excluding hydrogens is 380 g/mol. The van der Waals surface area contributed by atoms with Gasteiger partial charge in [-0.15, -0.1) is 0 Å². The second-order valence-electron chi connectivity index (χ2n) is 6.53. The largest absolute Gasteiger partial charge is 0.496 e. The molecule has 6 nitrogen and oxygen atoms in total. The summed E-state index contributed by atoms with van der Waals surface area (Å²) in [7, 11) is 1.58. The van der Waals surface area contributed by atoms with Crippen LogP contribution in [0.25, 0.3) is 0 Å². The van der Waals surface area contributed by atoms with E-state index in [2.05, 4.69) is 10.6 Å². The molecule has 0 aliphatic rings. The average Bonchev–Trinajstić information content (AvgIpc) is 2.76. The number of methoxy groups -OCH3 is 1. The first-order valence-electron chi connectivity index (χ1n) is 9.65. The number of ether oxygens (including phenoxy) is 2. The number of hydrogen-bond acceptors (Lipinski definition) is 4. The van der Waals surface area contributed by atoms with Crippen LogP contribution in [0.2, 0.25) is 0 Å². The van der Waals surface area contributed by atoms with Crippen LogP contribution in [-0.4, -0.2) is 25.5 Å². The summed E-state index contributed by atoms with van der Waals surface area (Å²) in [4.78, 5) is 24.8. The van der Waals surface area contributed by atoms with Crippen molar-refractivity contribution in [3.63, 3.8) is 0 Å². The van der Waals surface area contributed by atoms with Crippen LogP contribution in [0.5, 0.6) is 11.5 Å². The Morgan fingerprint density at radius 3 is 2.13 bits per heavy atom. The molecule has 2 N–H and O–H groups in total. The van der Waals surface area contributed by atoms with Crippen molar-refractivity contribution in [1.29, 1.82) is 0 Å². The maximum absolute atomic E-state index is 12.4. The first-order valence-corrected chi connectivity index (χ1v) is 9.65. The third kappa shape index (κ3) is 5.61. The van der Waals surface area contributed by atoms with Crippen LogP contribution in [0, 0.1) is 0 Å². The quantitative estimate of drug-likeness (QED) is 0.578. The van der Waals surface area contributed by atoms with Crippen molar-refractivity contribution in [2.75, 3.05) is 24.4 Å². The molecule has 0 radical (unpaired) electrons. The van der Waals surface area contributed by atoms with Crippen LogP contribution >= 0.6 is 0 Å². The van der Waals surface area contributed by atoms with Gasteiger partial charge < -0.3 is 20.1 Å². The molecule has 0 aliphatic heterocycles. The van der Waals surface area contributed by atoms with E-state index in [1.54, 1.807) is 55.6 Å². The molecule has 0 aromatic heterocycles. The van der Waals surface area contributed by atoms with E-state index in [1.165, 1.54) is 0 Å². The lowest BCUT2D eigenvalue weighted by Gasteiger charge is -2.10. The summed E-state index contributed by atoms with van der Waals surface area (Å²) < 4.78 is 10.7. The average molecular weight is 404 g/mol. The second-order valence-corrected chi connectivity index (χ2v) is 6.53. The number of amides is 2. The molecular formula is C24H24N2O4. The van der Waals surface area contributed by atoms with E-state index in [4.69, 9.17) is 9.47 Å². The lowest BCUT2D eigenvalue weighted by Crippen LogP contribution is -2.15. The van der Waals surface area contributed by atoms with Gasteiger partial charge in [0.25, 0.3) is 5.91 Å². The molecule has 3 aromatic carbocycles. The Balaban J connectivity index is 1.57. The van der Waals surface area contributed by atoms with Gasteiger partial charge in [0.15, 0.2) is 0 Å². The molecule has 3 aromatic rings. The number of nitrogens with one attached hydrogen (secondary N) is 2. The highest BCUT2D eigenvalue weighted by Gasteiger charge is 2.10. The Bertz CT molecular complexity index is 998. The Hall–Kier alpha value is -3.80. The van der Waals surface area contributed by atoms with Gasteiger partial charge in [0.2, 0.25) is 5.91 Å². The van der Waals surface area contributed by atoms with E-state index in [-0.39, 0.29) is 18.2 Å². The highest BCUT2D eigenvalue weighted by Crippen LogP contribution is 2.19. The molecule has 0 spiro atoms. The van der Waals surface area contributed by atoms with E-state index >= 15 is 0 Å². The molecule has 0 fully saturated rings. The molecule has 2 amide bonds. The molecule has 0 bridgehead atoms. The Morgan fingerprint density at radius 1 is 0.833 bits per heavy atom. The monoisotopic (exact) mass is 404 g/mol. The maximum Gasteiger partial charge on any atom is 0.255 e. The maximum atomic E-state index is 12.4. The van der Waals surface area contributed by atoms with Gasteiger partial charge in [0.1, 0.15) is 11.5 Å². The van der Waals surface area contributed by atoms with Crippen molar-refractivity contribution in [1.82, 2.24) is 0 Å². The van der Waals surface area contributed by atoms with Gasteiger partial charge in [-0.3, -0.25) is 9.59 Å². The number of carbonyl (C=O) groups is 2. The lowest BCUT2D eigenvalue weighted by atomic mass is 10.1. The van der Waals surface area contributed by atoms with Crippen LogP contribution in [0.4, 0.5) is 11.4 Å². The highest BCUT2D eigenvalue weighted by atomic mass is 16.5. The SMILES string of the molecule is CCOc1ccc(NC(=O)c2ccc(NC(=O)Cc3ccccc3OC)cc2)cc1. The van der Waals surface area contributed by atoms with Crippen molar-refractivity contribution in [2.24, 2.45) is 0 Å². The van der Waals surface area contributed by atoms with Gasteiger partial charge in [0, 0.05) is 22.5 Å². The summed E-state index contributed by atoms with van der Waals surface area (Å²) in [6.45, 7) is 2.51. The van der Waals surface area contributed by atoms with Crippen molar-refractivity contribution >= 4 is 23.2 Å². The van der Waals surface area contributed by atoms with E-state index in [9.17, 15) is 9.59 Å². The molecule has 0 saturated heterocycles. The van der Waals surface area contributed by atoms with Gasteiger partial charge >= 0.3 is 0 Å². The van der Waals surface area contributed by atoms with Crippen LogP contribution in [0.3, 0.4) is 0 Å². The summed E-state index contributed by atoms with van der Waals surface area (Å²) >= 11 is 0. The Labute approximate surface area is 175 Å². The van der Waals surface area contributed by atoms with E-state index in [0.717, 1.165) is 11.3 Å². The molecule has 154 valence electrons. The van der Waals surface area contributed by atoms with Crippen LogP contribution in [-0.2, 0) is 11.2 Å². The van der Waals surface area contributed by atoms with E-state index in [0.29, 0.717) is 29.3 Å². The fourth-order valence-electron chi connectivity index (χ4n) is 2.94. The van der Waals surface area contributed by atoms with Crippen molar-refractivity contribution in [3.05, 3.63) is 83.9 Å².